The van der Waals surface area contributed by atoms with Gasteiger partial charge >= 0.3 is 0 Å². The lowest BCUT2D eigenvalue weighted by Gasteiger charge is -2.38. The number of amides is 1. The summed E-state index contributed by atoms with van der Waals surface area (Å²) in [5.41, 5.74) is 0.781. The summed E-state index contributed by atoms with van der Waals surface area (Å²) in [5.74, 6) is -0.530. The number of hydrogen-bond acceptors (Lipinski definition) is 5. The molecule has 1 N–H and O–H groups in total. The van der Waals surface area contributed by atoms with Crippen molar-refractivity contribution in [3.8, 4) is 6.07 Å². The van der Waals surface area contributed by atoms with Crippen LogP contribution in [0, 0.1) is 17.1 Å². The first-order chi connectivity index (χ1) is 14.9. The number of benzene rings is 2. The van der Waals surface area contributed by atoms with Gasteiger partial charge in [0, 0.05) is 32.2 Å². The molecule has 1 aliphatic heterocycles. The third kappa shape index (κ3) is 4.61. The minimum absolute atomic E-state index is 0.00693. The van der Waals surface area contributed by atoms with Gasteiger partial charge in [0.05, 0.1) is 10.5 Å². The highest BCUT2D eigenvalue weighted by Gasteiger charge is 2.36. The molecule has 9 heteroatoms. The quantitative estimate of drug-likeness (QED) is 0.739. The van der Waals surface area contributed by atoms with Gasteiger partial charge in [-0.2, -0.15) is 9.57 Å². The highest BCUT2D eigenvalue weighted by atomic mass is 32.2. The Morgan fingerprint density at radius 1 is 1.06 bits per heavy atom. The number of halogens is 1. The topological polar surface area (TPSA) is 93.5 Å². The Bertz CT molecular complexity index is 1100. The second-order valence-electron chi connectivity index (χ2n) is 7.78. The highest BCUT2D eigenvalue weighted by molar-refractivity contribution is 7.89. The molecule has 1 saturated heterocycles. The molecule has 1 aliphatic carbocycles. The average molecular weight is 443 g/mol. The maximum atomic E-state index is 13.4. The monoisotopic (exact) mass is 442 g/mol. The lowest BCUT2D eigenvalue weighted by Crippen LogP contribution is -2.52. The predicted octanol–water partition coefficient (Wildman–Crippen LogP) is 2.02. The summed E-state index contributed by atoms with van der Waals surface area (Å²) in [6, 6.07) is 13.5. The van der Waals surface area contributed by atoms with Crippen molar-refractivity contribution in [1.29, 1.82) is 5.26 Å². The summed E-state index contributed by atoms with van der Waals surface area (Å²) < 4.78 is 40.9. The zero-order chi connectivity index (χ0) is 22.0. The van der Waals surface area contributed by atoms with E-state index in [1.165, 1.54) is 28.6 Å². The van der Waals surface area contributed by atoms with Crippen molar-refractivity contribution in [2.75, 3.05) is 26.2 Å². The van der Waals surface area contributed by atoms with Crippen LogP contribution in [0.15, 0.2) is 53.4 Å². The standard InChI is InChI=1S/C22H23FN4O3S/c23-18-7-5-16(6-8-18)21(22(28)25-19-9-10-19)26-11-13-27(14-12-26)31(29,30)20-4-2-1-3-17(20)15-24/h1-8,19,21H,9-14H2,(H,25,28). The molecule has 2 aliphatic rings. The second-order valence-corrected chi connectivity index (χ2v) is 9.69. The van der Waals surface area contributed by atoms with Crippen LogP contribution < -0.4 is 5.32 Å². The van der Waals surface area contributed by atoms with E-state index >= 15 is 0 Å². The summed E-state index contributed by atoms with van der Waals surface area (Å²) in [6.45, 7) is 1.06. The van der Waals surface area contributed by atoms with E-state index in [4.69, 9.17) is 0 Å². The number of carbonyl (C=O) groups excluding carboxylic acids is 1. The molecular weight excluding hydrogens is 419 g/mol. The molecule has 1 saturated carbocycles. The normalized spacial score (nSPS) is 18.8. The Morgan fingerprint density at radius 2 is 1.71 bits per heavy atom. The van der Waals surface area contributed by atoms with E-state index < -0.39 is 16.1 Å². The molecule has 2 fully saturated rings. The van der Waals surface area contributed by atoms with Gasteiger partial charge in [-0.1, -0.05) is 24.3 Å². The average Bonchev–Trinajstić information content (AvgIpc) is 3.59. The fraction of sp³-hybridized carbons (Fsp3) is 0.364. The molecule has 31 heavy (non-hydrogen) atoms. The SMILES string of the molecule is N#Cc1ccccc1S(=O)(=O)N1CCN(C(C(=O)NC2CC2)c2ccc(F)cc2)CC1. The van der Waals surface area contributed by atoms with Crippen LogP contribution in [-0.4, -0.2) is 55.8 Å². The highest BCUT2D eigenvalue weighted by Crippen LogP contribution is 2.28. The van der Waals surface area contributed by atoms with Crippen molar-refractivity contribution < 1.29 is 17.6 Å². The van der Waals surface area contributed by atoms with Gasteiger partial charge in [0.1, 0.15) is 17.9 Å². The van der Waals surface area contributed by atoms with Gasteiger partial charge in [-0.25, -0.2) is 12.8 Å². The van der Waals surface area contributed by atoms with Crippen LogP contribution in [0.4, 0.5) is 4.39 Å². The van der Waals surface area contributed by atoms with Crippen molar-refractivity contribution >= 4 is 15.9 Å². The summed E-state index contributed by atoms with van der Waals surface area (Å²) in [5, 5.41) is 12.3. The zero-order valence-corrected chi connectivity index (χ0v) is 17.7. The molecule has 2 aromatic rings. The molecule has 7 nitrogen and oxygen atoms in total. The van der Waals surface area contributed by atoms with Gasteiger partial charge in [0.25, 0.3) is 0 Å². The minimum atomic E-state index is -3.82. The van der Waals surface area contributed by atoms with Crippen LogP contribution in [-0.2, 0) is 14.8 Å². The number of carbonyl (C=O) groups is 1. The van der Waals surface area contributed by atoms with Gasteiger partial charge in [-0.15, -0.1) is 0 Å². The molecule has 162 valence electrons. The fourth-order valence-corrected chi connectivity index (χ4v) is 5.37. The minimum Gasteiger partial charge on any atom is -0.352 e. The number of sulfonamides is 1. The second kappa shape index (κ2) is 8.75. The van der Waals surface area contributed by atoms with E-state index in [9.17, 15) is 22.9 Å². The lowest BCUT2D eigenvalue weighted by atomic mass is 10.0. The molecule has 0 bridgehead atoms. The van der Waals surface area contributed by atoms with Crippen molar-refractivity contribution in [3.63, 3.8) is 0 Å². The van der Waals surface area contributed by atoms with Crippen LogP contribution in [0.5, 0.6) is 0 Å². The Balaban J connectivity index is 1.52. The Kier molecular flexibility index (Phi) is 6.05. The lowest BCUT2D eigenvalue weighted by molar-refractivity contribution is -0.127. The number of rotatable bonds is 6. The van der Waals surface area contributed by atoms with Crippen LogP contribution in [0.3, 0.4) is 0 Å². The van der Waals surface area contributed by atoms with Crippen molar-refractivity contribution in [2.45, 2.75) is 29.8 Å². The molecule has 0 spiro atoms. The van der Waals surface area contributed by atoms with Gasteiger partial charge in [-0.3, -0.25) is 9.69 Å². The third-order valence-corrected chi connectivity index (χ3v) is 7.58. The summed E-state index contributed by atoms with van der Waals surface area (Å²) in [6.07, 6.45) is 1.90. The predicted molar refractivity (Wildman–Crippen MR) is 112 cm³/mol. The van der Waals surface area contributed by atoms with Gasteiger partial charge in [-0.05, 0) is 42.7 Å². The van der Waals surface area contributed by atoms with E-state index in [1.54, 1.807) is 24.3 Å². The zero-order valence-electron chi connectivity index (χ0n) is 16.9. The first-order valence-corrected chi connectivity index (χ1v) is 11.6. The summed E-state index contributed by atoms with van der Waals surface area (Å²) in [4.78, 5) is 14.9. The van der Waals surface area contributed by atoms with Gasteiger partial charge in [0.2, 0.25) is 15.9 Å². The number of piperazine rings is 1. The molecular formula is C22H23FN4O3S. The van der Waals surface area contributed by atoms with E-state index in [0.29, 0.717) is 18.7 Å². The van der Waals surface area contributed by atoms with E-state index in [0.717, 1.165) is 12.8 Å². The van der Waals surface area contributed by atoms with E-state index in [2.05, 4.69) is 5.32 Å². The summed E-state index contributed by atoms with van der Waals surface area (Å²) >= 11 is 0. The van der Waals surface area contributed by atoms with Crippen LogP contribution in [0.1, 0.15) is 30.0 Å². The molecule has 1 unspecified atom stereocenters. The molecule has 0 aromatic heterocycles. The number of nitrogens with zero attached hydrogens (tertiary/aromatic N) is 3. The van der Waals surface area contributed by atoms with Crippen LogP contribution in [0.2, 0.25) is 0 Å². The Hall–Kier alpha value is -2.80. The number of nitrogens with one attached hydrogen (secondary N) is 1. The van der Waals surface area contributed by atoms with Gasteiger partial charge in [0.15, 0.2) is 0 Å². The molecule has 1 atom stereocenters. The third-order valence-electron chi connectivity index (χ3n) is 5.62. The maximum Gasteiger partial charge on any atom is 0.244 e. The number of nitriles is 1. The molecule has 1 amide bonds. The fourth-order valence-electron chi connectivity index (χ4n) is 3.81. The molecule has 4 rings (SSSR count). The molecule has 2 aromatic carbocycles. The van der Waals surface area contributed by atoms with Crippen LogP contribution >= 0.6 is 0 Å². The number of hydrogen-bond donors (Lipinski definition) is 1. The first kappa shape index (κ1) is 21.4. The largest absolute Gasteiger partial charge is 0.352 e. The van der Waals surface area contributed by atoms with E-state index in [-0.39, 0.29) is 41.3 Å². The van der Waals surface area contributed by atoms with Gasteiger partial charge < -0.3 is 5.32 Å². The Labute approximate surface area is 181 Å². The first-order valence-electron chi connectivity index (χ1n) is 10.2. The van der Waals surface area contributed by atoms with Crippen molar-refractivity contribution in [2.24, 2.45) is 0 Å². The van der Waals surface area contributed by atoms with Crippen LogP contribution in [0.25, 0.3) is 0 Å². The smallest absolute Gasteiger partial charge is 0.244 e. The summed E-state index contributed by atoms with van der Waals surface area (Å²) in [7, 11) is -3.82. The van der Waals surface area contributed by atoms with Crippen molar-refractivity contribution in [3.05, 3.63) is 65.5 Å². The van der Waals surface area contributed by atoms with E-state index in [1.807, 2.05) is 11.0 Å². The van der Waals surface area contributed by atoms with Crippen molar-refractivity contribution in [1.82, 2.24) is 14.5 Å². The Morgan fingerprint density at radius 3 is 2.32 bits per heavy atom. The molecule has 1 heterocycles. The molecule has 0 radical (unpaired) electrons. The maximum absolute atomic E-state index is 13.4.